The molecular weight excluding hydrogens is 429 g/mol. The summed E-state index contributed by atoms with van der Waals surface area (Å²) in [7, 11) is -1.67. The van der Waals surface area contributed by atoms with Crippen LogP contribution in [0.1, 0.15) is 40.2 Å². The van der Waals surface area contributed by atoms with Gasteiger partial charge in [0.05, 0.1) is 15.3 Å². The highest BCUT2D eigenvalue weighted by Crippen LogP contribution is 2.36. The molecule has 2 heterocycles. The Hall–Kier alpha value is -0.443. The summed E-state index contributed by atoms with van der Waals surface area (Å²) in [5.41, 5.74) is 2.25. The number of fused-ring (bicyclic) bond motifs is 1. The summed E-state index contributed by atoms with van der Waals surface area (Å²) in [5, 5.41) is 8.29. The number of nitrogens with one attached hydrogen (secondary N) is 1. The minimum absolute atomic E-state index is 0.123. The zero-order valence-electron chi connectivity index (χ0n) is 15.9. The molecule has 0 aliphatic heterocycles. The van der Waals surface area contributed by atoms with Crippen LogP contribution in [0.25, 0.3) is 5.52 Å². The van der Waals surface area contributed by atoms with Crippen molar-refractivity contribution in [3.05, 3.63) is 33.7 Å². The van der Waals surface area contributed by atoms with E-state index in [2.05, 4.69) is 99.0 Å². The number of nitrogens with zero attached hydrogens (tertiary/aromatic N) is 2. The molecular formula is C18H30IN3OSi. The van der Waals surface area contributed by atoms with Crippen molar-refractivity contribution in [3.8, 4) is 0 Å². The van der Waals surface area contributed by atoms with Crippen LogP contribution in [-0.4, -0.2) is 31.1 Å². The Bertz CT molecular complexity index is 704. The lowest BCUT2D eigenvalue weighted by Gasteiger charge is -2.36. The van der Waals surface area contributed by atoms with Gasteiger partial charge in [0.2, 0.25) is 0 Å². The quantitative estimate of drug-likeness (QED) is 0.384. The smallest absolute Gasteiger partial charge is 0.192 e. The van der Waals surface area contributed by atoms with Crippen LogP contribution in [0.4, 0.5) is 0 Å². The van der Waals surface area contributed by atoms with Gasteiger partial charge in [0.15, 0.2) is 8.32 Å². The van der Waals surface area contributed by atoms with Crippen LogP contribution in [0.3, 0.4) is 0 Å². The average Bonchev–Trinajstić information content (AvgIpc) is 2.83. The fourth-order valence-electron chi connectivity index (χ4n) is 2.31. The van der Waals surface area contributed by atoms with E-state index in [0.29, 0.717) is 0 Å². The van der Waals surface area contributed by atoms with Crippen LogP contribution in [0.5, 0.6) is 0 Å². The molecule has 1 N–H and O–H groups in total. The summed E-state index contributed by atoms with van der Waals surface area (Å²) in [6, 6.07) is 4.32. The third-order valence-corrected chi connectivity index (χ3v) is 10.5. The van der Waals surface area contributed by atoms with Gasteiger partial charge in [-0.15, -0.1) is 0 Å². The molecule has 0 bridgehead atoms. The zero-order chi connectivity index (χ0) is 18.2. The van der Waals surface area contributed by atoms with Crippen LogP contribution < -0.4 is 5.32 Å². The Morgan fingerprint density at radius 1 is 1.21 bits per heavy atom. The lowest BCUT2D eigenvalue weighted by Crippen LogP contribution is -2.44. The van der Waals surface area contributed by atoms with Crippen LogP contribution in [-0.2, 0) is 9.96 Å². The van der Waals surface area contributed by atoms with E-state index in [4.69, 9.17) is 4.43 Å². The first kappa shape index (κ1) is 19.9. The molecule has 2 aromatic heterocycles. The van der Waals surface area contributed by atoms with E-state index < -0.39 is 8.32 Å². The van der Waals surface area contributed by atoms with Gasteiger partial charge in [0, 0.05) is 24.9 Å². The second kappa shape index (κ2) is 7.05. The van der Waals surface area contributed by atoms with Gasteiger partial charge < -0.3 is 9.74 Å². The lowest BCUT2D eigenvalue weighted by molar-refractivity contribution is 0.264. The van der Waals surface area contributed by atoms with Crippen molar-refractivity contribution in [2.75, 3.05) is 13.2 Å². The molecule has 0 saturated heterocycles. The zero-order valence-corrected chi connectivity index (χ0v) is 19.1. The number of hydrogen-bond acceptors (Lipinski definition) is 3. The molecule has 0 aromatic carbocycles. The van der Waals surface area contributed by atoms with Crippen molar-refractivity contribution in [2.24, 2.45) is 0 Å². The van der Waals surface area contributed by atoms with Gasteiger partial charge in [0.1, 0.15) is 0 Å². The van der Waals surface area contributed by atoms with Gasteiger partial charge in [-0.05, 0) is 66.2 Å². The molecule has 0 spiro atoms. The Labute approximate surface area is 160 Å². The van der Waals surface area contributed by atoms with Gasteiger partial charge in [-0.1, -0.05) is 26.8 Å². The molecule has 0 saturated carbocycles. The monoisotopic (exact) mass is 459 g/mol. The maximum Gasteiger partial charge on any atom is 0.192 e. The molecule has 6 heteroatoms. The average molecular weight is 459 g/mol. The second-order valence-electron chi connectivity index (χ2n) is 8.40. The minimum Gasteiger partial charge on any atom is -0.416 e. The van der Waals surface area contributed by atoms with Crippen LogP contribution in [0.2, 0.25) is 18.1 Å². The third kappa shape index (κ3) is 4.39. The molecule has 0 aliphatic rings. The molecule has 24 heavy (non-hydrogen) atoms. The number of aromatic nitrogens is 2. The molecule has 0 atom stereocenters. The summed E-state index contributed by atoms with van der Waals surface area (Å²) < 4.78 is 9.38. The molecule has 4 nitrogen and oxygen atoms in total. The molecule has 0 radical (unpaired) electrons. The molecule has 134 valence electrons. The molecule has 0 unspecified atom stereocenters. The summed E-state index contributed by atoms with van der Waals surface area (Å²) in [4.78, 5) is 0. The van der Waals surface area contributed by atoms with Crippen molar-refractivity contribution in [1.29, 1.82) is 0 Å². The van der Waals surface area contributed by atoms with Crippen LogP contribution >= 0.6 is 22.6 Å². The predicted molar refractivity (Wildman–Crippen MR) is 112 cm³/mol. The van der Waals surface area contributed by atoms with Crippen LogP contribution in [0, 0.1) is 3.57 Å². The SMILES string of the molecule is CC(C)(NCCO[Si](C)(C)C(C)(C)C)c1ccc2c(I)cnn2c1. The van der Waals surface area contributed by atoms with E-state index in [-0.39, 0.29) is 10.6 Å². The van der Waals surface area contributed by atoms with Crippen molar-refractivity contribution in [1.82, 2.24) is 14.9 Å². The van der Waals surface area contributed by atoms with Gasteiger partial charge >= 0.3 is 0 Å². The van der Waals surface area contributed by atoms with E-state index in [1.165, 1.54) is 9.13 Å². The Morgan fingerprint density at radius 2 is 1.88 bits per heavy atom. The summed E-state index contributed by atoms with van der Waals surface area (Å²) in [6.07, 6.45) is 4.01. The molecule has 0 amide bonds. The molecule has 2 rings (SSSR count). The largest absolute Gasteiger partial charge is 0.416 e. The normalized spacial score (nSPS) is 13.7. The highest BCUT2D eigenvalue weighted by Gasteiger charge is 2.37. The minimum atomic E-state index is -1.67. The number of rotatable bonds is 6. The van der Waals surface area contributed by atoms with Crippen molar-refractivity contribution in [3.63, 3.8) is 0 Å². The van der Waals surface area contributed by atoms with Crippen molar-refractivity contribution < 1.29 is 4.43 Å². The lowest BCUT2D eigenvalue weighted by atomic mass is 9.96. The number of pyridine rings is 1. The van der Waals surface area contributed by atoms with Crippen LogP contribution in [0.15, 0.2) is 24.5 Å². The van der Waals surface area contributed by atoms with Gasteiger partial charge in [-0.3, -0.25) is 0 Å². The fourth-order valence-corrected chi connectivity index (χ4v) is 3.91. The first-order valence-corrected chi connectivity index (χ1v) is 12.5. The van der Waals surface area contributed by atoms with E-state index in [1.807, 2.05) is 10.7 Å². The first-order valence-electron chi connectivity index (χ1n) is 8.46. The first-order chi connectivity index (χ1) is 10.9. The van der Waals surface area contributed by atoms with Gasteiger partial charge in [-0.2, -0.15) is 5.10 Å². The topological polar surface area (TPSA) is 38.6 Å². The molecule has 0 fully saturated rings. The highest BCUT2D eigenvalue weighted by atomic mass is 127. The predicted octanol–water partition coefficient (Wildman–Crippen LogP) is 4.79. The highest BCUT2D eigenvalue weighted by molar-refractivity contribution is 14.1. The standard InChI is InChI=1S/C18H30IN3OSi/c1-17(2,3)24(6,7)23-11-10-20-18(4,5)14-8-9-16-15(19)12-21-22(16)13-14/h8-9,12-13,20H,10-11H2,1-7H3. The van der Waals surface area contributed by atoms with Crippen molar-refractivity contribution in [2.45, 2.75) is 58.3 Å². The Kier molecular flexibility index (Phi) is 5.84. The van der Waals surface area contributed by atoms with E-state index in [0.717, 1.165) is 18.7 Å². The number of hydrogen-bond donors (Lipinski definition) is 1. The molecule has 0 aliphatic carbocycles. The second-order valence-corrected chi connectivity index (χ2v) is 14.4. The third-order valence-electron chi connectivity index (χ3n) is 5.13. The Balaban J connectivity index is 1.97. The van der Waals surface area contributed by atoms with Crippen molar-refractivity contribution >= 4 is 36.4 Å². The van der Waals surface area contributed by atoms with E-state index in [1.54, 1.807) is 0 Å². The van der Waals surface area contributed by atoms with E-state index >= 15 is 0 Å². The molecule has 2 aromatic rings. The van der Waals surface area contributed by atoms with Gasteiger partial charge in [-0.25, -0.2) is 4.52 Å². The maximum absolute atomic E-state index is 6.26. The van der Waals surface area contributed by atoms with Gasteiger partial charge in [0.25, 0.3) is 0 Å². The Morgan fingerprint density at radius 3 is 2.50 bits per heavy atom. The van der Waals surface area contributed by atoms with E-state index in [9.17, 15) is 0 Å². The summed E-state index contributed by atoms with van der Waals surface area (Å²) in [6.45, 7) is 17.4. The summed E-state index contributed by atoms with van der Waals surface area (Å²) in [5.74, 6) is 0. The fraction of sp³-hybridized carbons (Fsp3) is 0.611. The number of halogens is 1. The summed E-state index contributed by atoms with van der Waals surface area (Å²) >= 11 is 2.32. The maximum atomic E-state index is 6.26.